The Morgan fingerprint density at radius 3 is 2.77 bits per heavy atom. The number of nitrogens with one attached hydrogen (secondary N) is 1. The number of nitrogens with zero attached hydrogens (tertiary/aromatic N) is 1. The number of imidazole rings is 1. The van der Waals surface area contributed by atoms with E-state index in [1.54, 1.807) is 0 Å². The highest BCUT2D eigenvalue weighted by Gasteiger charge is 2.03. The summed E-state index contributed by atoms with van der Waals surface area (Å²) < 4.78 is 0. The van der Waals surface area contributed by atoms with Crippen LogP contribution in [0.3, 0.4) is 0 Å². The molecule has 0 unspecified atom stereocenters. The van der Waals surface area contributed by atoms with Gasteiger partial charge in [0.1, 0.15) is 5.82 Å². The fourth-order valence-electron chi connectivity index (χ4n) is 1.24. The number of aromatic nitrogens is 2. The Morgan fingerprint density at radius 2 is 2.23 bits per heavy atom. The van der Waals surface area contributed by atoms with Gasteiger partial charge in [0.25, 0.3) is 0 Å². The Kier molecular flexibility index (Phi) is 3.96. The summed E-state index contributed by atoms with van der Waals surface area (Å²) in [5, 5.41) is 0. The van der Waals surface area contributed by atoms with E-state index in [0.29, 0.717) is 5.92 Å². The number of aryl methyl sites for hydroxylation is 1. The maximum Gasteiger partial charge on any atom is 0.106 e. The predicted molar refractivity (Wildman–Crippen MR) is 54.7 cm³/mol. The molecule has 1 rings (SSSR count). The van der Waals surface area contributed by atoms with Crippen LogP contribution >= 0.6 is 0 Å². The van der Waals surface area contributed by atoms with Gasteiger partial charge in [-0.1, -0.05) is 13.8 Å². The molecule has 13 heavy (non-hydrogen) atoms. The average molecular weight is 181 g/mol. The molecule has 1 aromatic rings. The highest BCUT2D eigenvalue weighted by Crippen LogP contribution is 2.11. The molecule has 0 saturated heterocycles. The number of rotatable bonds is 5. The van der Waals surface area contributed by atoms with Crippen molar-refractivity contribution in [3.8, 4) is 0 Å². The molecule has 0 spiro atoms. The molecule has 0 radical (unpaired) electrons. The minimum Gasteiger partial charge on any atom is -0.346 e. The first-order valence-corrected chi connectivity index (χ1v) is 4.98. The zero-order chi connectivity index (χ0) is 9.68. The van der Waals surface area contributed by atoms with Crippen LogP contribution in [0.5, 0.6) is 0 Å². The third-order valence-electron chi connectivity index (χ3n) is 2.14. The minimum absolute atomic E-state index is 0.538. The van der Waals surface area contributed by atoms with Gasteiger partial charge in [0.05, 0.1) is 0 Å². The van der Waals surface area contributed by atoms with Crippen LogP contribution in [0.25, 0.3) is 0 Å². The zero-order valence-corrected chi connectivity index (χ0v) is 8.51. The second-order valence-electron chi connectivity index (χ2n) is 3.69. The molecule has 0 aliphatic heterocycles. The van der Waals surface area contributed by atoms with Gasteiger partial charge < -0.3 is 10.7 Å². The van der Waals surface area contributed by atoms with Gasteiger partial charge in [-0.2, -0.15) is 0 Å². The van der Waals surface area contributed by atoms with Crippen molar-refractivity contribution in [2.75, 3.05) is 6.54 Å². The molecular weight excluding hydrogens is 162 g/mol. The van der Waals surface area contributed by atoms with Crippen molar-refractivity contribution >= 4 is 0 Å². The summed E-state index contributed by atoms with van der Waals surface area (Å²) in [5.41, 5.74) is 6.64. The maximum absolute atomic E-state index is 5.42. The van der Waals surface area contributed by atoms with E-state index >= 15 is 0 Å². The molecule has 1 aromatic heterocycles. The van der Waals surface area contributed by atoms with Gasteiger partial charge >= 0.3 is 0 Å². The van der Waals surface area contributed by atoms with Gasteiger partial charge in [0.15, 0.2) is 0 Å². The van der Waals surface area contributed by atoms with E-state index < -0.39 is 0 Å². The summed E-state index contributed by atoms with van der Waals surface area (Å²) in [6.45, 7) is 5.10. The van der Waals surface area contributed by atoms with Crippen LogP contribution in [0.4, 0.5) is 0 Å². The molecule has 0 amide bonds. The third-order valence-corrected chi connectivity index (χ3v) is 2.14. The Bertz CT molecular complexity index is 240. The molecule has 0 aliphatic rings. The summed E-state index contributed by atoms with van der Waals surface area (Å²) in [7, 11) is 0. The van der Waals surface area contributed by atoms with E-state index in [-0.39, 0.29) is 0 Å². The standard InChI is InChI=1S/C10H19N3/c1-8(2)9-7-12-10(13-9)5-3-4-6-11/h7-8H,3-6,11H2,1-2H3,(H,12,13). The van der Waals surface area contributed by atoms with E-state index in [2.05, 4.69) is 23.8 Å². The largest absolute Gasteiger partial charge is 0.346 e. The van der Waals surface area contributed by atoms with Gasteiger partial charge in [0, 0.05) is 18.3 Å². The molecule has 1 heterocycles. The molecular formula is C10H19N3. The number of nitrogens with two attached hydrogens (primary N) is 1. The lowest BCUT2D eigenvalue weighted by atomic mass is 10.2. The molecule has 0 bridgehead atoms. The first-order valence-electron chi connectivity index (χ1n) is 4.98. The fraction of sp³-hybridized carbons (Fsp3) is 0.700. The number of H-pyrrole nitrogens is 1. The third kappa shape index (κ3) is 3.19. The summed E-state index contributed by atoms with van der Waals surface area (Å²) in [5.74, 6) is 1.63. The van der Waals surface area contributed by atoms with Crippen molar-refractivity contribution < 1.29 is 0 Å². The summed E-state index contributed by atoms with van der Waals surface area (Å²) in [6, 6.07) is 0. The SMILES string of the molecule is CC(C)c1cnc(CCCCN)[nH]1. The maximum atomic E-state index is 5.42. The van der Waals surface area contributed by atoms with E-state index in [1.807, 2.05) is 6.20 Å². The number of aromatic amines is 1. The molecule has 0 aromatic carbocycles. The fourth-order valence-corrected chi connectivity index (χ4v) is 1.24. The molecule has 0 fully saturated rings. The van der Waals surface area contributed by atoms with Gasteiger partial charge in [-0.15, -0.1) is 0 Å². The van der Waals surface area contributed by atoms with Crippen molar-refractivity contribution in [1.29, 1.82) is 0 Å². The Hall–Kier alpha value is -0.830. The van der Waals surface area contributed by atoms with Crippen molar-refractivity contribution in [1.82, 2.24) is 9.97 Å². The average Bonchev–Trinajstić information content (AvgIpc) is 2.53. The molecule has 3 heteroatoms. The van der Waals surface area contributed by atoms with Crippen LogP contribution in [0.2, 0.25) is 0 Å². The number of unbranched alkanes of at least 4 members (excludes halogenated alkanes) is 1. The van der Waals surface area contributed by atoms with Gasteiger partial charge in [-0.05, 0) is 25.3 Å². The number of hydrogen-bond acceptors (Lipinski definition) is 2. The Morgan fingerprint density at radius 1 is 1.46 bits per heavy atom. The van der Waals surface area contributed by atoms with Crippen molar-refractivity contribution in [2.45, 2.75) is 39.0 Å². The van der Waals surface area contributed by atoms with E-state index in [0.717, 1.165) is 31.6 Å². The molecule has 0 aliphatic carbocycles. The lowest BCUT2D eigenvalue weighted by Crippen LogP contribution is -1.99. The number of hydrogen-bond donors (Lipinski definition) is 2. The molecule has 0 atom stereocenters. The van der Waals surface area contributed by atoms with E-state index in [9.17, 15) is 0 Å². The smallest absolute Gasteiger partial charge is 0.106 e. The van der Waals surface area contributed by atoms with Gasteiger partial charge in [-0.25, -0.2) is 4.98 Å². The Balaban J connectivity index is 2.40. The lowest BCUT2D eigenvalue weighted by molar-refractivity contribution is 0.718. The molecule has 3 N–H and O–H groups in total. The topological polar surface area (TPSA) is 54.7 Å². The summed E-state index contributed by atoms with van der Waals surface area (Å²) in [4.78, 5) is 7.63. The second-order valence-corrected chi connectivity index (χ2v) is 3.69. The molecule has 74 valence electrons. The van der Waals surface area contributed by atoms with Crippen molar-refractivity contribution in [3.63, 3.8) is 0 Å². The van der Waals surface area contributed by atoms with Crippen molar-refractivity contribution in [2.24, 2.45) is 5.73 Å². The molecule has 3 nitrogen and oxygen atoms in total. The first-order chi connectivity index (χ1) is 6.24. The zero-order valence-electron chi connectivity index (χ0n) is 8.51. The summed E-state index contributed by atoms with van der Waals surface area (Å²) >= 11 is 0. The van der Waals surface area contributed by atoms with Crippen LogP contribution in [0, 0.1) is 0 Å². The van der Waals surface area contributed by atoms with Crippen molar-refractivity contribution in [3.05, 3.63) is 17.7 Å². The normalized spacial score (nSPS) is 11.1. The van der Waals surface area contributed by atoms with Crippen LogP contribution in [0.1, 0.15) is 44.1 Å². The van der Waals surface area contributed by atoms with Gasteiger partial charge in [0.2, 0.25) is 0 Å². The Labute approximate surface area is 79.8 Å². The monoisotopic (exact) mass is 181 g/mol. The summed E-state index contributed by atoms with van der Waals surface area (Å²) in [6.07, 6.45) is 5.16. The van der Waals surface area contributed by atoms with Crippen LogP contribution in [0.15, 0.2) is 6.20 Å². The highest BCUT2D eigenvalue weighted by atomic mass is 14.9. The first kappa shape index (κ1) is 10.3. The predicted octanol–water partition coefficient (Wildman–Crippen LogP) is 1.81. The van der Waals surface area contributed by atoms with Gasteiger partial charge in [-0.3, -0.25) is 0 Å². The van der Waals surface area contributed by atoms with Crippen LogP contribution in [-0.4, -0.2) is 16.5 Å². The quantitative estimate of drug-likeness (QED) is 0.681. The second kappa shape index (κ2) is 5.02. The molecule has 0 saturated carbocycles. The van der Waals surface area contributed by atoms with E-state index in [1.165, 1.54) is 5.69 Å². The van der Waals surface area contributed by atoms with Crippen LogP contribution in [-0.2, 0) is 6.42 Å². The minimum atomic E-state index is 0.538. The van der Waals surface area contributed by atoms with E-state index in [4.69, 9.17) is 5.73 Å². The highest BCUT2D eigenvalue weighted by molar-refractivity contribution is 5.05. The lowest BCUT2D eigenvalue weighted by Gasteiger charge is -1.99. The van der Waals surface area contributed by atoms with Crippen LogP contribution < -0.4 is 5.73 Å².